The van der Waals surface area contributed by atoms with Crippen LogP contribution in [0.15, 0.2) is 24.3 Å². The lowest BCUT2D eigenvalue weighted by Crippen LogP contribution is -2.49. The number of nitriles is 1. The molecular weight excluding hydrogens is 410 g/mol. The summed E-state index contributed by atoms with van der Waals surface area (Å²) in [6.45, 7) is 1.76. The van der Waals surface area contributed by atoms with Crippen LogP contribution in [0.5, 0.6) is 0 Å². The highest BCUT2D eigenvalue weighted by Gasteiger charge is 2.48. The lowest BCUT2D eigenvalue weighted by molar-refractivity contribution is -0.142. The van der Waals surface area contributed by atoms with Crippen molar-refractivity contribution in [3.8, 4) is 6.07 Å². The lowest BCUT2D eigenvalue weighted by Gasteiger charge is -2.39. The number of likely N-dealkylation sites (tertiary alicyclic amines) is 1. The molecule has 0 bridgehead atoms. The number of piperidine rings is 1. The van der Waals surface area contributed by atoms with E-state index in [9.17, 15) is 24.8 Å². The first kappa shape index (κ1) is 22.1. The van der Waals surface area contributed by atoms with Crippen molar-refractivity contribution in [2.24, 2.45) is 5.41 Å². The van der Waals surface area contributed by atoms with E-state index in [1.54, 1.807) is 21.9 Å². The molecule has 0 aromatic heterocycles. The van der Waals surface area contributed by atoms with Gasteiger partial charge in [-0.2, -0.15) is 5.26 Å². The fraction of sp³-hybridized carbons (Fsp3) is 0.583. The summed E-state index contributed by atoms with van der Waals surface area (Å²) in [5.41, 5.74) is 0.311. The van der Waals surface area contributed by atoms with Gasteiger partial charge >= 0.3 is 12.1 Å². The van der Waals surface area contributed by atoms with E-state index in [2.05, 4.69) is 6.07 Å². The maximum atomic E-state index is 13.0. The zero-order valence-corrected chi connectivity index (χ0v) is 18.2. The van der Waals surface area contributed by atoms with Crippen molar-refractivity contribution < 1.29 is 24.2 Å². The highest BCUT2D eigenvalue weighted by Crippen LogP contribution is 2.45. The smallest absolute Gasteiger partial charge is 0.410 e. The van der Waals surface area contributed by atoms with Crippen molar-refractivity contribution in [3.05, 3.63) is 35.4 Å². The molecule has 2 aliphatic heterocycles. The van der Waals surface area contributed by atoms with E-state index < -0.39 is 17.0 Å². The Hall–Kier alpha value is -3.08. The number of carboxylic acid groups (broad SMARTS) is 1. The van der Waals surface area contributed by atoms with Crippen LogP contribution in [-0.2, 0) is 20.9 Å². The van der Waals surface area contributed by atoms with Gasteiger partial charge in [-0.15, -0.1) is 0 Å². The van der Waals surface area contributed by atoms with Crippen LogP contribution < -0.4 is 0 Å². The monoisotopic (exact) mass is 439 g/mol. The second-order valence-corrected chi connectivity index (χ2v) is 9.51. The minimum absolute atomic E-state index is 0.00660. The van der Waals surface area contributed by atoms with Crippen molar-refractivity contribution in [1.29, 1.82) is 5.26 Å². The van der Waals surface area contributed by atoms with E-state index >= 15 is 0 Å². The van der Waals surface area contributed by atoms with Crippen LogP contribution >= 0.6 is 0 Å². The number of hydrogen-bond acceptors (Lipinski definition) is 5. The fourth-order valence-corrected chi connectivity index (χ4v) is 5.51. The van der Waals surface area contributed by atoms with Gasteiger partial charge in [0.2, 0.25) is 5.91 Å². The van der Waals surface area contributed by atoms with Crippen LogP contribution in [0.1, 0.15) is 62.5 Å². The number of benzene rings is 1. The number of carbonyl (C=O) groups is 3. The molecule has 1 aromatic carbocycles. The molecule has 0 atom stereocenters. The van der Waals surface area contributed by atoms with Gasteiger partial charge in [0.05, 0.1) is 31.1 Å². The Labute approximate surface area is 187 Å². The minimum atomic E-state index is -0.840. The fourth-order valence-electron chi connectivity index (χ4n) is 5.51. The third kappa shape index (κ3) is 4.57. The average Bonchev–Trinajstić information content (AvgIpc) is 3.32. The van der Waals surface area contributed by atoms with Gasteiger partial charge in [-0.3, -0.25) is 14.5 Å². The van der Waals surface area contributed by atoms with Crippen molar-refractivity contribution in [2.45, 2.75) is 63.5 Å². The molecule has 4 rings (SSSR count). The standard InChI is InChI=1S/C24H29N3O5/c25-15-18-5-1-2-6-19(18)16-27-17-24(32-22(27)31)9-11-26(12-10-24)20(28)13-23(14-21(29)30)7-3-4-8-23/h1-2,5-6H,3-4,7-14,16-17H2,(H,29,30). The normalized spacial score (nSPS) is 21.4. The molecule has 8 heteroatoms. The summed E-state index contributed by atoms with van der Waals surface area (Å²) in [7, 11) is 0. The molecule has 170 valence electrons. The lowest BCUT2D eigenvalue weighted by atomic mass is 9.78. The predicted molar refractivity (Wildman–Crippen MR) is 114 cm³/mol. The first-order valence-electron chi connectivity index (χ1n) is 11.3. The summed E-state index contributed by atoms with van der Waals surface area (Å²) < 4.78 is 5.77. The summed E-state index contributed by atoms with van der Waals surface area (Å²) in [5.74, 6) is -0.833. The Bertz CT molecular complexity index is 939. The molecule has 1 N–H and O–H groups in total. The van der Waals surface area contributed by atoms with Crippen LogP contribution in [0.4, 0.5) is 4.79 Å². The number of hydrogen-bond donors (Lipinski definition) is 1. The van der Waals surface area contributed by atoms with Gasteiger partial charge < -0.3 is 14.7 Å². The summed E-state index contributed by atoms with van der Waals surface area (Å²) in [5, 5.41) is 18.6. The van der Waals surface area contributed by atoms with E-state index in [-0.39, 0.29) is 24.8 Å². The first-order chi connectivity index (χ1) is 15.3. The second kappa shape index (κ2) is 8.81. The molecule has 1 aliphatic carbocycles. The summed E-state index contributed by atoms with van der Waals surface area (Å²) in [6, 6.07) is 9.38. The van der Waals surface area contributed by atoms with Crippen molar-refractivity contribution in [3.63, 3.8) is 0 Å². The van der Waals surface area contributed by atoms with Crippen molar-refractivity contribution in [2.75, 3.05) is 19.6 Å². The Balaban J connectivity index is 1.35. The first-order valence-corrected chi connectivity index (χ1v) is 11.3. The Kier molecular flexibility index (Phi) is 6.09. The number of rotatable bonds is 6. The molecule has 1 saturated carbocycles. The predicted octanol–water partition coefficient (Wildman–Crippen LogP) is 3.30. The zero-order chi connectivity index (χ0) is 22.8. The number of carbonyl (C=O) groups excluding carboxylic acids is 2. The van der Waals surface area contributed by atoms with Gasteiger partial charge in [-0.1, -0.05) is 31.0 Å². The molecule has 2 saturated heterocycles. The quantitative estimate of drug-likeness (QED) is 0.728. The van der Waals surface area contributed by atoms with Crippen molar-refractivity contribution >= 4 is 18.0 Å². The molecule has 0 unspecified atom stereocenters. The maximum absolute atomic E-state index is 13.0. The van der Waals surface area contributed by atoms with E-state index in [4.69, 9.17) is 4.74 Å². The molecular formula is C24H29N3O5. The van der Waals surface area contributed by atoms with Crippen LogP contribution in [0.3, 0.4) is 0 Å². The molecule has 3 aliphatic rings. The number of nitrogens with zero attached hydrogens (tertiary/aromatic N) is 3. The maximum Gasteiger partial charge on any atom is 0.410 e. The Morgan fingerprint density at radius 2 is 1.78 bits per heavy atom. The van der Waals surface area contributed by atoms with Crippen LogP contribution in [0.25, 0.3) is 0 Å². The average molecular weight is 440 g/mol. The molecule has 3 fully saturated rings. The van der Waals surface area contributed by atoms with Gasteiger partial charge in [0.15, 0.2) is 0 Å². The zero-order valence-electron chi connectivity index (χ0n) is 18.2. The second-order valence-electron chi connectivity index (χ2n) is 9.51. The largest absolute Gasteiger partial charge is 0.481 e. The molecule has 1 aromatic rings. The number of ether oxygens (including phenoxy) is 1. The van der Waals surface area contributed by atoms with Crippen molar-refractivity contribution in [1.82, 2.24) is 9.80 Å². The molecule has 32 heavy (non-hydrogen) atoms. The van der Waals surface area contributed by atoms with Gasteiger partial charge in [0.25, 0.3) is 0 Å². The minimum Gasteiger partial charge on any atom is -0.481 e. The molecule has 8 nitrogen and oxygen atoms in total. The number of aliphatic carboxylic acids is 1. The highest BCUT2D eigenvalue weighted by molar-refractivity contribution is 5.78. The van der Waals surface area contributed by atoms with Crippen LogP contribution in [0, 0.1) is 16.7 Å². The third-order valence-corrected chi connectivity index (χ3v) is 7.28. The van der Waals surface area contributed by atoms with E-state index in [1.807, 2.05) is 12.1 Å². The van der Waals surface area contributed by atoms with Crippen LogP contribution in [-0.4, -0.2) is 58.1 Å². The molecule has 1 spiro atoms. The van der Waals surface area contributed by atoms with Gasteiger partial charge in [0.1, 0.15) is 5.60 Å². The Morgan fingerprint density at radius 3 is 2.44 bits per heavy atom. The number of carboxylic acids is 1. The van der Waals surface area contributed by atoms with Gasteiger partial charge in [-0.05, 0) is 29.9 Å². The SMILES string of the molecule is N#Cc1ccccc1CN1CC2(CCN(C(=O)CC3(CC(=O)O)CCCC3)CC2)OC1=O. The topological polar surface area (TPSA) is 111 Å². The third-order valence-electron chi connectivity index (χ3n) is 7.28. The molecule has 2 heterocycles. The van der Waals surface area contributed by atoms with E-state index in [0.717, 1.165) is 31.2 Å². The summed E-state index contributed by atoms with van der Waals surface area (Å²) in [4.78, 5) is 40.3. The summed E-state index contributed by atoms with van der Waals surface area (Å²) >= 11 is 0. The Morgan fingerprint density at radius 1 is 1.09 bits per heavy atom. The summed E-state index contributed by atoms with van der Waals surface area (Å²) in [6.07, 6.45) is 4.60. The van der Waals surface area contributed by atoms with Gasteiger partial charge in [0, 0.05) is 32.4 Å². The van der Waals surface area contributed by atoms with Crippen LogP contribution in [0.2, 0.25) is 0 Å². The van der Waals surface area contributed by atoms with E-state index in [0.29, 0.717) is 44.6 Å². The number of amides is 2. The highest BCUT2D eigenvalue weighted by atomic mass is 16.6. The molecule has 0 radical (unpaired) electrons. The van der Waals surface area contributed by atoms with Gasteiger partial charge in [-0.25, -0.2) is 4.79 Å². The van der Waals surface area contributed by atoms with E-state index in [1.165, 1.54) is 0 Å². The molecule has 2 amide bonds.